The Morgan fingerprint density at radius 2 is 2.00 bits per heavy atom. The summed E-state index contributed by atoms with van der Waals surface area (Å²) in [7, 11) is 1.77. The second kappa shape index (κ2) is 13.2. The number of carbonyl (C=O) groups excluding carboxylic acids is 2. The molecule has 1 atom stereocenters. The maximum absolute atomic E-state index is 12.6. The lowest BCUT2D eigenvalue weighted by molar-refractivity contribution is -0.116. The average molecular weight is 444 g/mol. The molecule has 0 saturated heterocycles. The first-order chi connectivity index (χ1) is 12.9. The molecule has 2 rings (SSSR count). The third-order valence-corrected chi connectivity index (χ3v) is 4.55. The number of aromatic nitrogens is 2. The maximum Gasteiger partial charge on any atom is 0.253 e. The summed E-state index contributed by atoms with van der Waals surface area (Å²) in [4.78, 5) is 30.3. The SMILES string of the molecule is CC(C)C(N)CCN(C)C(=O)c1cccc(NC(=O)CCn2ccnc2)c1.Cl.Cl. The van der Waals surface area contributed by atoms with Crippen LogP contribution in [0.1, 0.15) is 37.0 Å². The highest BCUT2D eigenvalue weighted by Crippen LogP contribution is 2.14. The molecule has 1 aromatic heterocycles. The summed E-state index contributed by atoms with van der Waals surface area (Å²) in [6.45, 7) is 5.31. The van der Waals surface area contributed by atoms with E-state index < -0.39 is 0 Å². The number of nitrogens with one attached hydrogen (secondary N) is 1. The first-order valence-electron chi connectivity index (χ1n) is 9.23. The van der Waals surface area contributed by atoms with Gasteiger partial charge in [0, 0.05) is 56.2 Å². The Labute approximate surface area is 184 Å². The first kappa shape index (κ1) is 26.9. The Kier molecular flexibility index (Phi) is 12.2. The van der Waals surface area contributed by atoms with E-state index in [1.165, 1.54) is 0 Å². The van der Waals surface area contributed by atoms with Gasteiger partial charge in [-0.15, -0.1) is 24.8 Å². The number of hydrogen-bond acceptors (Lipinski definition) is 4. The summed E-state index contributed by atoms with van der Waals surface area (Å²) < 4.78 is 1.84. The van der Waals surface area contributed by atoms with E-state index in [0.29, 0.717) is 36.7 Å². The van der Waals surface area contributed by atoms with Crippen LogP contribution in [0.3, 0.4) is 0 Å². The lowest BCUT2D eigenvalue weighted by Crippen LogP contribution is -2.34. The molecule has 162 valence electrons. The van der Waals surface area contributed by atoms with Gasteiger partial charge in [0.05, 0.1) is 6.33 Å². The number of aryl methyl sites for hydroxylation is 1. The molecule has 7 nitrogen and oxygen atoms in total. The Balaban J connectivity index is 0.00000392. The van der Waals surface area contributed by atoms with Crippen LogP contribution >= 0.6 is 24.8 Å². The van der Waals surface area contributed by atoms with E-state index in [2.05, 4.69) is 24.1 Å². The molecular formula is C20H31Cl2N5O2. The highest BCUT2D eigenvalue weighted by Gasteiger charge is 2.15. The van der Waals surface area contributed by atoms with Crippen LogP contribution in [0, 0.1) is 5.92 Å². The number of imidazole rings is 1. The van der Waals surface area contributed by atoms with Crippen molar-refractivity contribution in [2.45, 2.75) is 39.3 Å². The van der Waals surface area contributed by atoms with Crippen molar-refractivity contribution in [1.82, 2.24) is 14.5 Å². The predicted molar refractivity (Wildman–Crippen MR) is 121 cm³/mol. The van der Waals surface area contributed by atoms with Crippen LogP contribution < -0.4 is 11.1 Å². The van der Waals surface area contributed by atoms with E-state index in [1.807, 2.05) is 10.8 Å². The smallest absolute Gasteiger partial charge is 0.253 e. The lowest BCUT2D eigenvalue weighted by atomic mass is 10.0. The second-order valence-corrected chi connectivity index (χ2v) is 7.10. The molecule has 2 aromatic rings. The van der Waals surface area contributed by atoms with Crippen LogP contribution in [0.25, 0.3) is 0 Å². The van der Waals surface area contributed by atoms with Gasteiger partial charge in [0.2, 0.25) is 5.91 Å². The van der Waals surface area contributed by atoms with E-state index in [-0.39, 0.29) is 42.7 Å². The number of rotatable bonds is 9. The van der Waals surface area contributed by atoms with E-state index in [1.54, 1.807) is 48.7 Å². The fourth-order valence-electron chi connectivity index (χ4n) is 2.60. The van der Waals surface area contributed by atoms with Crippen molar-refractivity contribution >= 4 is 42.3 Å². The molecule has 0 spiro atoms. The number of carbonyl (C=O) groups is 2. The molecule has 3 N–H and O–H groups in total. The fraction of sp³-hybridized carbons (Fsp3) is 0.450. The van der Waals surface area contributed by atoms with Gasteiger partial charge in [0.25, 0.3) is 5.91 Å². The Morgan fingerprint density at radius 1 is 1.28 bits per heavy atom. The van der Waals surface area contributed by atoms with Crippen molar-refractivity contribution < 1.29 is 9.59 Å². The van der Waals surface area contributed by atoms with Gasteiger partial charge in [0.15, 0.2) is 0 Å². The Bertz CT molecular complexity index is 753. The van der Waals surface area contributed by atoms with Crippen molar-refractivity contribution in [3.05, 3.63) is 48.5 Å². The molecule has 0 aliphatic heterocycles. The third-order valence-electron chi connectivity index (χ3n) is 4.55. The largest absolute Gasteiger partial charge is 0.342 e. The average Bonchev–Trinajstić information content (AvgIpc) is 3.17. The molecule has 0 fully saturated rings. The number of amides is 2. The molecule has 9 heteroatoms. The monoisotopic (exact) mass is 443 g/mol. The molecule has 0 aliphatic rings. The van der Waals surface area contributed by atoms with Gasteiger partial charge in [0.1, 0.15) is 0 Å². The zero-order valence-corrected chi connectivity index (χ0v) is 18.7. The molecular weight excluding hydrogens is 413 g/mol. The summed E-state index contributed by atoms with van der Waals surface area (Å²) in [5.74, 6) is 0.194. The predicted octanol–water partition coefficient (Wildman–Crippen LogP) is 3.20. The van der Waals surface area contributed by atoms with Gasteiger partial charge in [-0.2, -0.15) is 0 Å². The zero-order valence-electron chi connectivity index (χ0n) is 17.1. The van der Waals surface area contributed by atoms with Gasteiger partial charge in [-0.25, -0.2) is 4.98 Å². The van der Waals surface area contributed by atoms with E-state index >= 15 is 0 Å². The third kappa shape index (κ3) is 8.85. The van der Waals surface area contributed by atoms with Crippen molar-refractivity contribution in [2.75, 3.05) is 18.9 Å². The highest BCUT2D eigenvalue weighted by molar-refractivity contribution is 5.97. The van der Waals surface area contributed by atoms with Crippen molar-refractivity contribution in [2.24, 2.45) is 11.7 Å². The van der Waals surface area contributed by atoms with Crippen molar-refractivity contribution in [1.29, 1.82) is 0 Å². The topological polar surface area (TPSA) is 93.3 Å². The minimum Gasteiger partial charge on any atom is -0.342 e. The minimum absolute atomic E-state index is 0. The number of hydrogen-bond donors (Lipinski definition) is 2. The summed E-state index contributed by atoms with van der Waals surface area (Å²) in [5, 5.41) is 2.84. The van der Waals surface area contributed by atoms with Crippen molar-refractivity contribution in [3.8, 4) is 0 Å². The summed E-state index contributed by atoms with van der Waals surface area (Å²) >= 11 is 0. The minimum atomic E-state index is -0.107. The molecule has 1 unspecified atom stereocenters. The summed E-state index contributed by atoms with van der Waals surface area (Å²) in [6.07, 6.45) is 6.25. The van der Waals surface area contributed by atoms with Crippen molar-refractivity contribution in [3.63, 3.8) is 0 Å². The number of nitrogens with two attached hydrogens (primary N) is 1. The van der Waals surface area contributed by atoms with Gasteiger partial charge in [-0.3, -0.25) is 9.59 Å². The zero-order chi connectivity index (χ0) is 19.8. The van der Waals surface area contributed by atoms with Gasteiger partial charge < -0.3 is 20.5 Å². The maximum atomic E-state index is 12.6. The van der Waals surface area contributed by atoms with E-state index in [9.17, 15) is 9.59 Å². The molecule has 1 aromatic carbocycles. The second-order valence-electron chi connectivity index (χ2n) is 7.10. The van der Waals surface area contributed by atoms with Gasteiger partial charge in [-0.05, 0) is 30.5 Å². The van der Waals surface area contributed by atoms with E-state index in [4.69, 9.17) is 5.73 Å². The number of benzene rings is 1. The van der Waals surface area contributed by atoms with Crippen LogP contribution in [-0.2, 0) is 11.3 Å². The molecule has 0 aliphatic carbocycles. The van der Waals surface area contributed by atoms with Crippen LogP contribution in [0.2, 0.25) is 0 Å². The molecule has 0 bridgehead atoms. The van der Waals surface area contributed by atoms with E-state index in [0.717, 1.165) is 6.42 Å². The standard InChI is InChI=1S/C20H29N5O2.2ClH/c1-15(2)18(21)7-10-24(3)20(27)16-5-4-6-17(13-16)23-19(26)8-11-25-12-9-22-14-25;;/h4-6,9,12-15,18H,7-8,10-11,21H2,1-3H3,(H,23,26);2*1H. The van der Waals surface area contributed by atoms with Crippen LogP contribution in [0.4, 0.5) is 5.69 Å². The van der Waals surface area contributed by atoms with Crippen LogP contribution in [0.5, 0.6) is 0 Å². The van der Waals surface area contributed by atoms with Gasteiger partial charge in [-0.1, -0.05) is 19.9 Å². The number of anilines is 1. The number of nitrogens with zero attached hydrogens (tertiary/aromatic N) is 3. The van der Waals surface area contributed by atoms with Crippen LogP contribution in [0.15, 0.2) is 43.0 Å². The molecule has 0 radical (unpaired) electrons. The quantitative estimate of drug-likeness (QED) is 0.621. The Morgan fingerprint density at radius 3 is 2.62 bits per heavy atom. The molecule has 29 heavy (non-hydrogen) atoms. The lowest BCUT2D eigenvalue weighted by Gasteiger charge is -2.21. The van der Waals surface area contributed by atoms with Gasteiger partial charge >= 0.3 is 0 Å². The Hall–Kier alpha value is -2.09. The first-order valence-corrected chi connectivity index (χ1v) is 9.23. The summed E-state index contributed by atoms with van der Waals surface area (Å²) in [6, 6.07) is 7.08. The molecule has 2 amide bonds. The molecule has 0 saturated carbocycles. The molecule has 1 heterocycles. The number of halogens is 2. The highest BCUT2D eigenvalue weighted by atomic mass is 35.5. The summed E-state index contributed by atoms with van der Waals surface area (Å²) in [5.41, 5.74) is 7.21. The van der Waals surface area contributed by atoms with Crippen LogP contribution in [-0.4, -0.2) is 45.9 Å². The fourth-order valence-corrected chi connectivity index (χ4v) is 2.60. The normalized spacial score (nSPS) is 11.2.